The summed E-state index contributed by atoms with van der Waals surface area (Å²) >= 11 is 0. The average Bonchev–Trinajstić information content (AvgIpc) is 2.99. The lowest BCUT2D eigenvalue weighted by Crippen LogP contribution is -2.41. The van der Waals surface area contributed by atoms with E-state index < -0.39 is 18.1 Å². The van der Waals surface area contributed by atoms with Crippen LogP contribution in [0.5, 0.6) is 0 Å². The first kappa shape index (κ1) is 18.7. The van der Waals surface area contributed by atoms with E-state index >= 15 is 0 Å². The van der Waals surface area contributed by atoms with Crippen molar-refractivity contribution in [3.8, 4) is 11.1 Å². The van der Waals surface area contributed by atoms with E-state index in [2.05, 4.69) is 17.4 Å². The Morgan fingerprint density at radius 3 is 2.22 bits per heavy atom. The third-order valence-electron chi connectivity index (χ3n) is 4.71. The first-order chi connectivity index (χ1) is 13.1. The molecule has 0 heterocycles. The summed E-state index contributed by atoms with van der Waals surface area (Å²) in [4.78, 5) is 23.5. The molecule has 0 fully saturated rings. The predicted molar refractivity (Wildman–Crippen MR) is 104 cm³/mol. The number of alkyl carbamates (subject to hydrolysis) is 1. The Morgan fingerprint density at radius 1 is 1.07 bits per heavy atom. The summed E-state index contributed by atoms with van der Waals surface area (Å²) in [6, 6.07) is 15.1. The van der Waals surface area contributed by atoms with Crippen molar-refractivity contribution in [1.29, 1.82) is 0 Å². The molecule has 0 aromatic heterocycles. The number of aliphatic carboxylic acids is 1. The Morgan fingerprint density at radius 2 is 1.67 bits per heavy atom. The molecular weight excluding hydrogens is 342 g/mol. The molecular formula is C22H23NO4. The van der Waals surface area contributed by atoms with Gasteiger partial charge in [-0.15, -0.1) is 0 Å². The molecule has 0 radical (unpaired) electrons. The largest absolute Gasteiger partial charge is 0.480 e. The molecule has 0 bridgehead atoms. The number of rotatable bonds is 7. The summed E-state index contributed by atoms with van der Waals surface area (Å²) in [5, 5.41) is 11.7. The van der Waals surface area contributed by atoms with Crippen molar-refractivity contribution in [2.45, 2.75) is 31.7 Å². The van der Waals surface area contributed by atoms with E-state index in [0.29, 0.717) is 0 Å². The van der Waals surface area contributed by atoms with Crippen LogP contribution in [0.4, 0.5) is 4.79 Å². The lowest BCUT2D eigenvalue weighted by atomic mass is 9.98. The molecule has 5 nitrogen and oxygen atoms in total. The Labute approximate surface area is 158 Å². The maximum atomic E-state index is 12.2. The second-order valence-corrected chi connectivity index (χ2v) is 6.48. The second-order valence-electron chi connectivity index (χ2n) is 6.48. The fourth-order valence-electron chi connectivity index (χ4n) is 3.40. The number of benzene rings is 2. The summed E-state index contributed by atoms with van der Waals surface area (Å²) < 4.78 is 5.39. The van der Waals surface area contributed by atoms with Gasteiger partial charge in [0.25, 0.3) is 0 Å². The second kappa shape index (κ2) is 8.54. The summed E-state index contributed by atoms with van der Waals surface area (Å²) in [5.74, 6) is -1.13. The Hall–Kier alpha value is -3.08. The molecule has 2 aromatic carbocycles. The minimum absolute atomic E-state index is 0.0496. The zero-order valence-corrected chi connectivity index (χ0v) is 15.2. The average molecular weight is 365 g/mol. The summed E-state index contributed by atoms with van der Waals surface area (Å²) in [7, 11) is 0. The summed E-state index contributed by atoms with van der Waals surface area (Å²) in [6.07, 6.45) is 3.96. The minimum Gasteiger partial charge on any atom is -0.480 e. The predicted octanol–water partition coefficient (Wildman–Crippen LogP) is 4.33. The van der Waals surface area contributed by atoms with Gasteiger partial charge in [-0.1, -0.05) is 67.6 Å². The normalized spacial score (nSPS) is 13.8. The van der Waals surface area contributed by atoms with E-state index in [1.54, 1.807) is 6.08 Å². The summed E-state index contributed by atoms with van der Waals surface area (Å²) in [6.45, 7) is 2.13. The van der Waals surface area contributed by atoms with Crippen LogP contribution in [0.1, 0.15) is 36.8 Å². The van der Waals surface area contributed by atoms with Crippen LogP contribution < -0.4 is 5.32 Å². The first-order valence-corrected chi connectivity index (χ1v) is 9.11. The van der Waals surface area contributed by atoms with E-state index in [1.807, 2.05) is 49.4 Å². The lowest BCUT2D eigenvalue weighted by Gasteiger charge is -2.16. The highest BCUT2D eigenvalue weighted by atomic mass is 16.5. The number of allylic oxidation sites excluding steroid dienone is 1. The van der Waals surface area contributed by atoms with Crippen LogP contribution in [-0.4, -0.2) is 29.8 Å². The van der Waals surface area contributed by atoms with E-state index in [1.165, 1.54) is 0 Å². The molecule has 140 valence electrons. The molecule has 0 saturated heterocycles. The molecule has 5 heteroatoms. The number of hydrogen-bond donors (Lipinski definition) is 2. The number of amides is 1. The molecule has 2 N–H and O–H groups in total. The number of carbonyl (C=O) groups excluding carboxylic acids is 1. The van der Waals surface area contributed by atoms with Crippen molar-refractivity contribution in [1.82, 2.24) is 5.32 Å². The van der Waals surface area contributed by atoms with Crippen molar-refractivity contribution in [2.24, 2.45) is 0 Å². The number of carbonyl (C=O) groups is 2. The Bertz CT molecular complexity index is 813. The van der Waals surface area contributed by atoms with Crippen LogP contribution in [0, 0.1) is 0 Å². The molecule has 1 aliphatic carbocycles. The zero-order valence-electron chi connectivity index (χ0n) is 15.2. The molecule has 1 aliphatic rings. The van der Waals surface area contributed by atoms with E-state index in [0.717, 1.165) is 28.7 Å². The Kier molecular flexibility index (Phi) is 5.91. The van der Waals surface area contributed by atoms with Crippen molar-refractivity contribution < 1.29 is 19.4 Å². The number of fused-ring (bicyclic) bond motifs is 3. The third kappa shape index (κ3) is 4.19. The fourth-order valence-corrected chi connectivity index (χ4v) is 3.40. The van der Waals surface area contributed by atoms with Crippen LogP contribution in [0.15, 0.2) is 60.7 Å². The summed E-state index contributed by atoms with van der Waals surface area (Å²) in [5.41, 5.74) is 4.53. The first-order valence-electron chi connectivity index (χ1n) is 9.11. The SMILES string of the molecule is CCC=CC[C@H](NC(=O)OCC1c2ccccc2-c2ccccc21)C(=O)O. The topological polar surface area (TPSA) is 75.6 Å². The number of ether oxygens (including phenoxy) is 1. The van der Waals surface area contributed by atoms with Gasteiger partial charge >= 0.3 is 12.1 Å². The van der Waals surface area contributed by atoms with Gasteiger partial charge in [-0.05, 0) is 35.1 Å². The molecule has 2 aromatic rings. The molecule has 0 spiro atoms. The third-order valence-corrected chi connectivity index (χ3v) is 4.71. The monoisotopic (exact) mass is 365 g/mol. The van der Waals surface area contributed by atoms with E-state index in [-0.39, 0.29) is 18.9 Å². The number of carboxylic acid groups (broad SMARTS) is 1. The van der Waals surface area contributed by atoms with Gasteiger partial charge in [0, 0.05) is 5.92 Å². The fraction of sp³-hybridized carbons (Fsp3) is 0.273. The highest BCUT2D eigenvalue weighted by Crippen LogP contribution is 2.44. The number of hydrogen-bond acceptors (Lipinski definition) is 3. The number of carboxylic acids is 1. The van der Waals surface area contributed by atoms with Crippen molar-refractivity contribution >= 4 is 12.1 Å². The van der Waals surface area contributed by atoms with Crippen LogP contribution in [0.3, 0.4) is 0 Å². The van der Waals surface area contributed by atoms with E-state index in [4.69, 9.17) is 4.74 Å². The molecule has 27 heavy (non-hydrogen) atoms. The highest BCUT2D eigenvalue weighted by Gasteiger charge is 2.29. The maximum Gasteiger partial charge on any atom is 0.407 e. The Balaban J connectivity index is 1.67. The zero-order chi connectivity index (χ0) is 19.2. The van der Waals surface area contributed by atoms with Crippen LogP contribution in [0.2, 0.25) is 0 Å². The van der Waals surface area contributed by atoms with E-state index in [9.17, 15) is 14.7 Å². The number of nitrogens with one attached hydrogen (secondary N) is 1. The van der Waals surface area contributed by atoms with Crippen molar-refractivity contribution in [2.75, 3.05) is 6.61 Å². The highest BCUT2D eigenvalue weighted by molar-refractivity contribution is 5.81. The quantitative estimate of drug-likeness (QED) is 0.716. The van der Waals surface area contributed by atoms with Gasteiger partial charge in [0.1, 0.15) is 12.6 Å². The van der Waals surface area contributed by atoms with Gasteiger partial charge in [0.2, 0.25) is 0 Å². The van der Waals surface area contributed by atoms with Crippen molar-refractivity contribution in [3.63, 3.8) is 0 Å². The van der Waals surface area contributed by atoms with Gasteiger partial charge in [-0.2, -0.15) is 0 Å². The molecule has 0 unspecified atom stereocenters. The molecule has 3 rings (SSSR count). The molecule has 1 atom stereocenters. The van der Waals surface area contributed by atoms with Gasteiger partial charge < -0.3 is 15.2 Å². The minimum atomic E-state index is -1.08. The lowest BCUT2D eigenvalue weighted by molar-refractivity contribution is -0.139. The van der Waals surface area contributed by atoms with Gasteiger partial charge in [0.05, 0.1) is 0 Å². The molecule has 1 amide bonds. The van der Waals surface area contributed by atoms with Crippen molar-refractivity contribution in [3.05, 3.63) is 71.8 Å². The van der Waals surface area contributed by atoms with Gasteiger partial charge in [-0.3, -0.25) is 0 Å². The maximum absolute atomic E-state index is 12.2. The smallest absolute Gasteiger partial charge is 0.407 e. The standard InChI is InChI=1S/C22H23NO4/c1-2-3-4-13-20(21(24)25)23-22(26)27-14-19-17-11-7-5-9-15(17)16-10-6-8-12-18(16)19/h3-12,19-20H,2,13-14H2,1H3,(H,23,26)(H,24,25)/t20-/m0/s1. The molecule has 0 saturated carbocycles. The van der Waals surface area contributed by atoms with Gasteiger partial charge in [0.15, 0.2) is 0 Å². The van der Waals surface area contributed by atoms with Crippen LogP contribution in [-0.2, 0) is 9.53 Å². The van der Waals surface area contributed by atoms with Crippen LogP contribution in [0.25, 0.3) is 11.1 Å². The van der Waals surface area contributed by atoms with Gasteiger partial charge in [-0.25, -0.2) is 9.59 Å². The van der Waals surface area contributed by atoms with Crippen LogP contribution >= 0.6 is 0 Å². The molecule has 0 aliphatic heterocycles.